The first kappa shape index (κ1) is 24.5. The van der Waals surface area contributed by atoms with Crippen molar-refractivity contribution in [2.24, 2.45) is 11.1 Å². The maximum absolute atomic E-state index is 14.3. The number of hydrogen-bond donors (Lipinski definition) is 1. The Labute approximate surface area is 188 Å². The summed E-state index contributed by atoms with van der Waals surface area (Å²) in [5, 5.41) is 0. The lowest BCUT2D eigenvalue weighted by Crippen LogP contribution is -2.49. The van der Waals surface area contributed by atoms with Crippen LogP contribution >= 0.6 is 0 Å². The Bertz CT molecular complexity index is 935. The summed E-state index contributed by atoms with van der Waals surface area (Å²) in [7, 11) is 1.89. The highest BCUT2D eigenvalue weighted by molar-refractivity contribution is 5.63. The Balaban J connectivity index is 2.18. The molecule has 166 valence electrons. The van der Waals surface area contributed by atoms with E-state index in [4.69, 9.17) is 5.73 Å². The van der Waals surface area contributed by atoms with E-state index in [1.807, 2.05) is 37.9 Å². The van der Waals surface area contributed by atoms with Gasteiger partial charge in [-0.05, 0) is 50.3 Å². The molecule has 0 fully saturated rings. The van der Waals surface area contributed by atoms with Crippen LogP contribution < -0.4 is 5.73 Å². The van der Waals surface area contributed by atoms with Crippen molar-refractivity contribution in [2.75, 3.05) is 7.05 Å². The van der Waals surface area contributed by atoms with E-state index in [0.717, 1.165) is 35.2 Å². The van der Waals surface area contributed by atoms with Gasteiger partial charge in [0.25, 0.3) is 0 Å². The zero-order valence-corrected chi connectivity index (χ0v) is 19.9. The normalized spacial score (nSPS) is 16.7. The van der Waals surface area contributed by atoms with Crippen LogP contribution in [0.1, 0.15) is 64.5 Å². The third kappa shape index (κ3) is 5.70. The van der Waals surface area contributed by atoms with Gasteiger partial charge < -0.3 is 10.6 Å². The third-order valence-electron chi connectivity index (χ3n) is 6.45. The van der Waals surface area contributed by atoms with Crippen LogP contribution in [0.4, 0.5) is 4.39 Å². The smallest absolute Gasteiger partial charge is 0.105 e. The van der Waals surface area contributed by atoms with Gasteiger partial charge in [0, 0.05) is 35.3 Å². The highest BCUT2D eigenvalue weighted by Crippen LogP contribution is 2.36. The fourth-order valence-electron chi connectivity index (χ4n) is 3.98. The molecule has 0 aliphatic heterocycles. The van der Waals surface area contributed by atoms with E-state index in [1.54, 1.807) is 6.92 Å². The Morgan fingerprint density at radius 2 is 1.71 bits per heavy atom. The van der Waals surface area contributed by atoms with Gasteiger partial charge in [0.15, 0.2) is 0 Å². The molecule has 3 atom stereocenters. The lowest BCUT2D eigenvalue weighted by atomic mass is 9.78. The molecule has 1 aromatic carbocycles. The molecule has 0 radical (unpaired) electrons. The summed E-state index contributed by atoms with van der Waals surface area (Å²) in [6, 6.07) is 7.88. The van der Waals surface area contributed by atoms with Gasteiger partial charge in [-0.2, -0.15) is 0 Å². The highest BCUT2D eigenvalue weighted by Gasteiger charge is 2.39. The van der Waals surface area contributed by atoms with Gasteiger partial charge in [0.1, 0.15) is 6.17 Å². The van der Waals surface area contributed by atoms with Crippen molar-refractivity contribution in [1.82, 2.24) is 4.90 Å². The van der Waals surface area contributed by atoms with Crippen molar-refractivity contribution in [3.8, 4) is 11.8 Å². The SMILES string of the molecule is C=C(N)C(N(C)C(=C)c1ccc(C(C)C#CC2=CCCC=C2C)cc1)C(C)(C)C(C)F. The number of allylic oxidation sites excluding steroid dienone is 4. The average molecular weight is 421 g/mol. The van der Waals surface area contributed by atoms with Crippen LogP contribution in [-0.4, -0.2) is 24.2 Å². The van der Waals surface area contributed by atoms with Crippen LogP contribution in [0.5, 0.6) is 0 Å². The van der Waals surface area contributed by atoms with Gasteiger partial charge in [-0.25, -0.2) is 4.39 Å². The number of nitrogens with zero attached hydrogens (tertiary/aromatic N) is 1. The number of alkyl halides is 1. The molecule has 31 heavy (non-hydrogen) atoms. The van der Waals surface area contributed by atoms with Crippen LogP contribution in [-0.2, 0) is 0 Å². The van der Waals surface area contributed by atoms with E-state index in [-0.39, 0.29) is 12.0 Å². The topological polar surface area (TPSA) is 29.3 Å². The minimum Gasteiger partial charge on any atom is -0.401 e. The predicted octanol–water partition coefficient (Wildman–Crippen LogP) is 6.59. The first-order valence-electron chi connectivity index (χ1n) is 11.0. The van der Waals surface area contributed by atoms with E-state index >= 15 is 0 Å². The second-order valence-electron chi connectivity index (χ2n) is 9.17. The first-order valence-corrected chi connectivity index (χ1v) is 11.0. The van der Waals surface area contributed by atoms with Gasteiger partial charge in [0.05, 0.1) is 6.04 Å². The second kappa shape index (κ2) is 10.1. The molecule has 1 aromatic rings. The van der Waals surface area contributed by atoms with Crippen LogP contribution in [0.25, 0.3) is 5.70 Å². The number of hydrogen-bond acceptors (Lipinski definition) is 2. The molecule has 0 bridgehead atoms. The molecule has 0 amide bonds. The summed E-state index contributed by atoms with van der Waals surface area (Å²) in [4.78, 5) is 1.93. The Morgan fingerprint density at radius 1 is 1.13 bits per heavy atom. The fraction of sp³-hybridized carbons (Fsp3) is 0.429. The van der Waals surface area contributed by atoms with Crippen molar-refractivity contribution in [2.45, 2.75) is 65.6 Å². The summed E-state index contributed by atoms with van der Waals surface area (Å²) in [5.41, 5.74) is 11.1. The molecule has 2 N–H and O–H groups in total. The first-order chi connectivity index (χ1) is 14.5. The summed E-state index contributed by atoms with van der Waals surface area (Å²) in [5.74, 6) is 6.84. The van der Waals surface area contributed by atoms with Crippen molar-refractivity contribution in [3.63, 3.8) is 0 Å². The number of nitrogens with two attached hydrogens (primary N) is 1. The Morgan fingerprint density at radius 3 is 2.23 bits per heavy atom. The van der Waals surface area contributed by atoms with Crippen LogP contribution in [0.15, 0.2) is 66.4 Å². The quantitative estimate of drug-likeness (QED) is 0.504. The molecule has 2 nitrogen and oxygen atoms in total. The molecule has 3 heteroatoms. The molecule has 3 unspecified atom stereocenters. The van der Waals surface area contributed by atoms with E-state index in [2.05, 4.69) is 63.1 Å². The Hall–Kier alpha value is -2.73. The third-order valence-corrected chi connectivity index (χ3v) is 6.45. The lowest BCUT2D eigenvalue weighted by Gasteiger charge is -2.43. The number of halogens is 1. The monoisotopic (exact) mass is 420 g/mol. The molecule has 0 aromatic heterocycles. The van der Waals surface area contributed by atoms with Gasteiger partial charge in [-0.15, -0.1) is 0 Å². The van der Waals surface area contributed by atoms with Crippen molar-refractivity contribution < 1.29 is 4.39 Å². The molecule has 0 saturated heterocycles. The summed E-state index contributed by atoms with van der Waals surface area (Å²) >= 11 is 0. The van der Waals surface area contributed by atoms with Gasteiger partial charge in [-0.3, -0.25) is 0 Å². The largest absolute Gasteiger partial charge is 0.401 e. The van der Waals surface area contributed by atoms with Gasteiger partial charge >= 0.3 is 0 Å². The molecule has 0 heterocycles. The van der Waals surface area contributed by atoms with Crippen molar-refractivity contribution in [1.29, 1.82) is 0 Å². The molecular weight excluding hydrogens is 383 g/mol. The van der Waals surface area contributed by atoms with Gasteiger partial charge in [-0.1, -0.05) is 75.3 Å². The van der Waals surface area contributed by atoms with Crippen LogP contribution in [0.3, 0.4) is 0 Å². The fourth-order valence-corrected chi connectivity index (χ4v) is 3.98. The standard InChI is InChI=1S/C28H37FN2/c1-19-11-9-10-12-24(19)14-13-20(2)25-15-17-26(18-16-25)22(4)31(8)27(21(3)30)28(6,7)23(5)29/h11-12,15-18,20,23,27H,3-4,9-10,30H2,1-2,5-8H3. The minimum atomic E-state index is -1.05. The van der Waals surface area contributed by atoms with E-state index in [0.29, 0.717) is 5.70 Å². The summed E-state index contributed by atoms with van der Waals surface area (Å²) < 4.78 is 14.3. The van der Waals surface area contributed by atoms with Crippen LogP contribution in [0.2, 0.25) is 0 Å². The predicted molar refractivity (Wildman–Crippen MR) is 132 cm³/mol. The summed E-state index contributed by atoms with van der Waals surface area (Å²) in [6.07, 6.45) is 5.59. The second-order valence-corrected chi connectivity index (χ2v) is 9.17. The molecule has 1 aliphatic rings. The van der Waals surface area contributed by atoms with E-state index in [9.17, 15) is 4.39 Å². The van der Waals surface area contributed by atoms with Crippen LogP contribution in [0, 0.1) is 17.3 Å². The maximum Gasteiger partial charge on any atom is 0.105 e. The average Bonchev–Trinajstić information content (AvgIpc) is 2.72. The van der Waals surface area contributed by atoms with E-state index < -0.39 is 11.6 Å². The summed E-state index contributed by atoms with van der Waals surface area (Å²) in [6.45, 7) is 17.7. The molecule has 0 saturated carbocycles. The minimum absolute atomic E-state index is 0.124. The maximum atomic E-state index is 14.3. The van der Waals surface area contributed by atoms with E-state index in [1.165, 1.54) is 5.57 Å². The zero-order valence-electron chi connectivity index (χ0n) is 19.9. The highest BCUT2D eigenvalue weighted by atomic mass is 19.1. The number of rotatable bonds is 7. The zero-order chi connectivity index (χ0) is 23.3. The molecular formula is C28H37FN2. The number of likely N-dealkylation sites (N-methyl/N-ethyl adjacent to an activating group) is 1. The molecule has 1 aliphatic carbocycles. The van der Waals surface area contributed by atoms with Crippen molar-refractivity contribution in [3.05, 3.63) is 77.5 Å². The Kier molecular flexibility index (Phi) is 7.96. The number of benzene rings is 1. The lowest BCUT2D eigenvalue weighted by molar-refractivity contribution is 0.0877. The van der Waals surface area contributed by atoms with Gasteiger partial charge in [0.2, 0.25) is 0 Å². The molecule has 0 spiro atoms. The van der Waals surface area contributed by atoms with Crippen molar-refractivity contribution >= 4 is 5.70 Å². The molecule has 2 rings (SSSR count).